The van der Waals surface area contributed by atoms with E-state index in [9.17, 15) is 9.59 Å². The molecule has 1 aromatic rings. The average molecular weight is 339 g/mol. The van der Waals surface area contributed by atoms with Gasteiger partial charge in [-0.2, -0.15) is 0 Å². The van der Waals surface area contributed by atoms with Crippen molar-refractivity contribution in [3.8, 4) is 0 Å². The zero-order valence-electron chi connectivity index (χ0n) is 13.3. The van der Waals surface area contributed by atoms with Crippen molar-refractivity contribution in [2.24, 2.45) is 0 Å². The number of thioether (sulfide) groups is 1. The minimum atomic E-state index is -0.206. The molecule has 0 fully saturated rings. The van der Waals surface area contributed by atoms with E-state index in [-0.39, 0.29) is 23.2 Å². The zero-order chi connectivity index (χ0) is 16.3. The molecule has 0 N–H and O–H groups in total. The van der Waals surface area contributed by atoms with Crippen molar-refractivity contribution >= 4 is 40.5 Å². The molecular weight excluding hydrogens is 318 g/mol. The molecule has 22 heavy (non-hydrogen) atoms. The monoisotopic (exact) mass is 339 g/mol. The van der Waals surface area contributed by atoms with E-state index >= 15 is 0 Å². The third kappa shape index (κ3) is 3.80. The number of hydrogen-bond donors (Lipinski definition) is 0. The Morgan fingerprint density at radius 3 is 2.50 bits per heavy atom. The van der Waals surface area contributed by atoms with E-state index in [1.54, 1.807) is 0 Å². The van der Waals surface area contributed by atoms with Crippen LogP contribution in [0.1, 0.15) is 32.6 Å². The fourth-order valence-electron chi connectivity index (χ4n) is 2.12. The maximum absolute atomic E-state index is 12.7. The lowest BCUT2D eigenvalue weighted by molar-refractivity contribution is -0.137. The van der Waals surface area contributed by atoms with Crippen molar-refractivity contribution in [2.75, 3.05) is 13.2 Å². The number of hydrogen-bond acceptors (Lipinski definition) is 5. The maximum Gasteiger partial charge on any atom is 0.268 e. The van der Waals surface area contributed by atoms with Crippen molar-refractivity contribution in [2.45, 2.75) is 39.0 Å². The van der Waals surface area contributed by atoms with E-state index in [2.05, 4.69) is 0 Å². The Labute approximate surface area is 139 Å². The van der Waals surface area contributed by atoms with Crippen LogP contribution in [-0.4, -0.2) is 41.2 Å². The molecule has 0 radical (unpaired) electrons. The maximum atomic E-state index is 12.7. The summed E-state index contributed by atoms with van der Waals surface area (Å²) in [6, 6.07) is 3.78. The van der Waals surface area contributed by atoms with Crippen molar-refractivity contribution in [1.82, 2.24) is 4.90 Å². The van der Waals surface area contributed by atoms with Gasteiger partial charge in [0.25, 0.3) is 11.8 Å². The number of carbonyl (C=O) groups excluding carboxylic acids is 2. The molecule has 0 unspecified atom stereocenters. The predicted octanol–water partition coefficient (Wildman–Crippen LogP) is 3.39. The highest BCUT2D eigenvalue weighted by Crippen LogP contribution is 2.39. The van der Waals surface area contributed by atoms with Crippen LogP contribution >= 0.6 is 23.1 Å². The van der Waals surface area contributed by atoms with Gasteiger partial charge in [-0.3, -0.25) is 14.5 Å². The highest BCUT2D eigenvalue weighted by molar-refractivity contribution is 8.04. The van der Waals surface area contributed by atoms with Crippen molar-refractivity contribution in [3.05, 3.63) is 27.3 Å². The summed E-state index contributed by atoms with van der Waals surface area (Å²) in [6.45, 7) is 8.57. The largest absolute Gasteiger partial charge is 0.377 e. The topological polar surface area (TPSA) is 46.6 Å². The van der Waals surface area contributed by atoms with Crippen LogP contribution in [0.15, 0.2) is 22.4 Å². The van der Waals surface area contributed by atoms with Gasteiger partial charge in [-0.1, -0.05) is 19.9 Å². The van der Waals surface area contributed by atoms with Crippen LogP contribution in [0.4, 0.5) is 0 Å². The Balaban J connectivity index is 2.24. The summed E-state index contributed by atoms with van der Waals surface area (Å²) >= 11 is 2.94. The molecule has 0 atom stereocenters. The van der Waals surface area contributed by atoms with Crippen LogP contribution in [-0.2, 0) is 14.3 Å². The zero-order valence-corrected chi connectivity index (χ0v) is 14.9. The van der Waals surface area contributed by atoms with Crippen LogP contribution in [0.5, 0.6) is 0 Å². The van der Waals surface area contributed by atoms with Crippen LogP contribution in [0.25, 0.3) is 5.57 Å². The fraction of sp³-hybridized carbons (Fsp3) is 0.500. The summed E-state index contributed by atoms with van der Waals surface area (Å²) in [6.07, 6.45) is 0.0852. The first kappa shape index (κ1) is 17.2. The second-order valence-corrected chi connectivity index (χ2v) is 8.06. The number of thiophene rings is 1. The number of nitrogens with zero attached hydrogens (tertiary/aromatic N) is 1. The Morgan fingerprint density at radius 1 is 1.23 bits per heavy atom. The first-order valence-corrected chi connectivity index (χ1v) is 9.10. The molecule has 1 aliphatic heterocycles. The SMILES string of the molecule is CC(C)OCCN1C(=O)C(SC(C)C)=C(c2cccs2)C1=O. The Hall–Kier alpha value is -1.11. The third-order valence-electron chi connectivity index (χ3n) is 3.01. The number of ether oxygens (including phenoxy) is 1. The van der Waals surface area contributed by atoms with E-state index in [0.717, 1.165) is 4.88 Å². The molecule has 6 heteroatoms. The Bertz CT molecular complexity index is 576. The molecule has 120 valence electrons. The first-order valence-electron chi connectivity index (χ1n) is 7.34. The second-order valence-electron chi connectivity index (χ2n) is 5.53. The minimum absolute atomic E-state index is 0.0852. The molecule has 1 aliphatic rings. The molecule has 0 saturated carbocycles. The Kier molecular flexibility index (Phi) is 5.83. The molecule has 0 spiro atoms. The van der Waals surface area contributed by atoms with Gasteiger partial charge in [-0.05, 0) is 25.3 Å². The van der Waals surface area contributed by atoms with Crippen molar-refractivity contribution in [3.63, 3.8) is 0 Å². The highest BCUT2D eigenvalue weighted by Gasteiger charge is 2.39. The Morgan fingerprint density at radius 2 is 1.95 bits per heavy atom. The van der Waals surface area contributed by atoms with Crippen LogP contribution in [0.3, 0.4) is 0 Å². The number of rotatable bonds is 7. The molecular formula is C16H21NO3S2. The minimum Gasteiger partial charge on any atom is -0.377 e. The molecule has 0 aromatic carbocycles. The summed E-state index contributed by atoms with van der Waals surface area (Å²) in [7, 11) is 0. The van der Waals surface area contributed by atoms with Gasteiger partial charge in [0.2, 0.25) is 0 Å². The lowest BCUT2D eigenvalue weighted by atomic mass is 10.2. The van der Waals surface area contributed by atoms with E-state index in [1.165, 1.54) is 28.0 Å². The van der Waals surface area contributed by atoms with E-state index < -0.39 is 0 Å². The van der Waals surface area contributed by atoms with Crippen LogP contribution < -0.4 is 0 Å². The molecule has 1 aromatic heterocycles. The lowest BCUT2D eigenvalue weighted by Crippen LogP contribution is -2.35. The molecule has 4 nitrogen and oxygen atoms in total. The van der Waals surface area contributed by atoms with Crippen molar-refractivity contribution in [1.29, 1.82) is 0 Å². The van der Waals surface area contributed by atoms with Gasteiger partial charge in [0.05, 0.1) is 29.7 Å². The standard InChI is InChI=1S/C16H21NO3S2/c1-10(2)20-8-7-17-15(18)13(12-6-5-9-21-12)14(16(17)19)22-11(3)4/h5-6,9-11H,7-8H2,1-4H3. The van der Waals surface area contributed by atoms with Gasteiger partial charge in [-0.25, -0.2) is 0 Å². The van der Waals surface area contributed by atoms with E-state index in [4.69, 9.17) is 4.74 Å². The highest BCUT2D eigenvalue weighted by atomic mass is 32.2. The van der Waals surface area contributed by atoms with Gasteiger partial charge in [0.1, 0.15) is 0 Å². The first-order chi connectivity index (χ1) is 10.4. The van der Waals surface area contributed by atoms with Crippen molar-refractivity contribution < 1.29 is 14.3 Å². The normalized spacial score (nSPS) is 15.8. The molecule has 0 aliphatic carbocycles. The summed E-state index contributed by atoms with van der Waals surface area (Å²) < 4.78 is 5.47. The fourth-order valence-corrected chi connectivity index (χ4v) is 3.95. The van der Waals surface area contributed by atoms with Gasteiger partial charge in [-0.15, -0.1) is 23.1 Å². The summed E-state index contributed by atoms with van der Waals surface area (Å²) in [5, 5.41) is 2.16. The lowest BCUT2D eigenvalue weighted by Gasteiger charge is -2.16. The predicted molar refractivity (Wildman–Crippen MR) is 91.8 cm³/mol. The van der Waals surface area contributed by atoms with Crippen LogP contribution in [0.2, 0.25) is 0 Å². The van der Waals surface area contributed by atoms with Gasteiger partial charge in [0.15, 0.2) is 0 Å². The number of imide groups is 1. The van der Waals surface area contributed by atoms with Gasteiger partial charge in [0, 0.05) is 10.1 Å². The average Bonchev–Trinajstić information content (AvgIpc) is 3.01. The van der Waals surface area contributed by atoms with Gasteiger partial charge >= 0.3 is 0 Å². The van der Waals surface area contributed by atoms with E-state index in [0.29, 0.717) is 23.6 Å². The molecule has 0 saturated heterocycles. The smallest absolute Gasteiger partial charge is 0.268 e. The summed E-state index contributed by atoms with van der Waals surface area (Å²) in [5.41, 5.74) is 0.545. The third-order valence-corrected chi connectivity index (χ3v) is 4.99. The molecule has 2 heterocycles. The molecule has 2 amide bonds. The number of carbonyl (C=O) groups is 2. The quantitative estimate of drug-likeness (QED) is 0.714. The summed E-state index contributed by atoms with van der Waals surface area (Å²) in [4.78, 5) is 28.0. The molecule has 0 bridgehead atoms. The molecule has 2 rings (SSSR count). The van der Waals surface area contributed by atoms with Gasteiger partial charge < -0.3 is 4.74 Å². The summed E-state index contributed by atoms with van der Waals surface area (Å²) in [5.74, 6) is -0.401. The van der Waals surface area contributed by atoms with E-state index in [1.807, 2.05) is 45.2 Å². The number of amides is 2. The second kappa shape index (κ2) is 7.44. The van der Waals surface area contributed by atoms with Crippen LogP contribution in [0, 0.1) is 0 Å².